The third kappa shape index (κ3) is 5.38. The maximum Gasteiger partial charge on any atom is 0.0702 e. The van der Waals surface area contributed by atoms with Gasteiger partial charge in [-0.1, -0.05) is 6.92 Å². The molecule has 0 amide bonds. The Hall–Kier alpha value is -0.160. The molecule has 4 heteroatoms. The van der Waals surface area contributed by atoms with Gasteiger partial charge in [-0.15, -0.1) is 0 Å². The van der Waals surface area contributed by atoms with Crippen molar-refractivity contribution in [1.82, 2.24) is 10.2 Å². The van der Waals surface area contributed by atoms with Gasteiger partial charge in [-0.2, -0.15) is 0 Å². The molecule has 2 unspecified atom stereocenters. The molecular weight excluding hydrogens is 240 g/mol. The molecule has 0 aromatic rings. The van der Waals surface area contributed by atoms with Crippen molar-refractivity contribution in [3.8, 4) is 0 Å². The maximum atomic E-state index is 9.53. The van der Waals surface area contributed by atoms with Gasteiger partial charge < -0.3 is 20.1 Å². The normalized spacial score (nSPS) is 24.3. The number of aliphatic hydroxyl groups is 1. The van der Waals surface area contributed by atoms with E-state index in [1.807, 2.05) is 7.05 Å². The highest BCUT2D eigenvalue weighted by molar-refractivity contribution is 4.85. The van der Waals surface area contributed by atoms with Crippen LogP contribution in [0.5, 0.6) is 0 Å². The molecule has 0 spiro atoms. The van der Waals surface area contributed by atoms with Crippen molar-refractivity contribution in [2.45, 2.75) is 57.6 Å². The van der Waals surface area contributed by atoms with Crippen molar-refractivity contribution in [3.63, 3.8) is 0 Å². The summed E-state index contributed by atoms with van der Waals surface area (Å²) in [5, 5.41) is 12.8. The topological polar surface area (TPSA) is 44.7 Å². The monoisotopic (exact) mass is 272 g/mol. The second kappa shape index (κ2) is 8.90. The summed E-state index contributed by atoms with van der Waals surface area (Å²) in [7, 11) is 1.95. The first-order valence-corrected chi connectivity index (χ1v) is 7.83. The third-order valence-corrected chi connectivity index (χ3v) is 4.50. The minimum absolute atomic E-state index is 0.0882. The Balaban J connectivity index is 2.28. The van der Waals surface area contributed by atoms with Crippen LogP contribution in [0.2, 0.25) is 0 Å². The van der Waals surface area contributed by atoms with Gasteiger partial charge in [0.15, 0.2) is 0 Å². The molecule has 2 N–H and O–H groups in total. The number of nitrogens with one attached hydrogen (secondary N) is 1. The Morgan fingerprint density at radius 2 is 2.21 bits per heavy atom. The van der Waals surface area contributed by atoms with Crippen molar-refractivity contribution >= 4 is 0 Å². The van der Waals surface area contributed by atoms with Crippen LogP contribution in [0.25, 0.3) is 0 Å². The van der Waals surface area contributed by atoms with E-state index in [4.69, 9.17) is 4.74 Å². The largest absolute Gasteiger partial charge is 0.394 e. The van der Waals surface area contributed by atoms with Crippen LogP contribution in [0, 0.1) is 0 Å². The van der Waals surface area contributed by atoms with E-state index >= 15 is 0 Å². The predicted molar refractivity (Wildman–Crippen MR) is 79.5 cm³/mol. The van der Waals surface area contributed by atoms with Gasteiger partial charge >= 0.3 is 0 Å². The maximum absolute atomic E-state index is 9.53. The van der Waals surface area contributed by atoms with Gasteiger partial charge in [0, 0.05) is 18.7 Å². The van der Waals surface area contributed by atoms with Crippen molar-refractivity contribution < 1.29 is 9.84 Å². The summed E-state index contributed by atoms with van der Waals surface area (Å²) >= 11 is 0. The van der Waals surface area contributed by atoms with Crippen molar-refractivity contribution in [2.24, 2.45) is 0 Å². The number of hydrogen-bond acceptors (Lipinski definition) is 4. The van der Waals surface area contributed by atoms with Crippen LogP contribution in [0.4, 0.5) is 0 Å². The van der Waals surface area contributed by atoms with Crippen molar-refractivity contribution in [1.29, 1.82) is 0 Å². The van der Waals surface area contributed by atoms with E-state index in [0.717, 1.165) is 39.0 Å². The van der Waals surface area contributed by atoms with Crippen LogP contribution >= 0.6 is 0 Å². The summed E-state index contributed by atoms with van der Waals surface area (Å²) in [5.74, 6) is 0. The summed E-state index contributed by atoms with van der Waals surface area (Å²) in [6.45, 7) is 8.64. The molecule has 1 heterocycles. The Bertz CT molecular complexity index is 222. The molecule has 1 fully saturated rings. The summed E-state index contributed by atoms with van der Waals surface area (Å²) in [6, 6.07) is 0. The number of aliphatic hydroxyl groups excluding tert-OH is 1. The van der Waals surface area contributed by atoms with Crippen LogP contribution < -0.4 is 5.32 Å². The highest BCUT2D eigenvalue weighted by atomic mass is 16.5. The molecule has 1 aliphatic rings. The molecule has 4 nitrogen and oxygen atoms in total. The quantitative estimate of drug-likeness (QED) is 0.669. The molecule has 1 aliphatic heterocycles. The zero-order valence-electron chi connectivity index (χ0n) is 13.0. The fourth-order valence-corrected chi connectivity index (χ4v) is 2.98. The number of likely N-dealkylation sites (N-methyl/N-ethyl adjacent to an activating group) is 1. The molecular formula is C15H32N2O2. The fourth-order valence-electron chi connectivity index (χ4n) is 2.98. The SMILES string of the molecule is CCOC1CCCN(CCCC(CC)(CO)NC)C1. The van der Waals surface area contributed by atoms with Gasteiger partial charge in [-0.05, 0) is 59.2 Å². The summed E-state index contributed by atoms with van der Waals surface area (Å²) in [6.07, 6.45) is 6.02. The minimum atomic E-state index is -0.0882. The molecule has 0 saturated carbocycles. The zero-order valence-corrected chi connectivity index (χ0v) is 13.0. The van der Waals surface area contributed by atoms with Gasteiger partial charge in [0.05, 0.1) is 12.7 Å². The van der Waals surface area contributed by atoms with Gasteiger partial charge in [0.25, 0.3) is 0 Å². The number of likely N-dealkylation sites (tertiary alicyclic amines) is 1. The Labute approximate surface area is 118 Å². The van der Waals surface area contributed by atoms with E-state index < -0.39 is 0 Å². The lowest BCUT2D eigenvalue weighted by Gasteiger charge is -2.34. The molecule has 0 radical (unpaired) electrons. The Morgan fingerprint density at radius 3 is 2.79 bits per heavy atom. The third-order valence-electron chi connectivity index (χ3n) is 4.50. The van der Waals surface area contributed by atoms with E-state index in [2.05, 4.69) is 24.1 Å². The first-order valence-electron chi connectivity index (χ1n) is 7.83. The molecule has 1 rings (SSSR count). The van der Waals surface area contributed by atoms with Gasteiger partial charge in [-0.3, -0.25) is 0 Å². The summed E-state index contributed by atoms with van der Waals surface area (Å²) in [5.41, 5.74) is -0.0882. The lowest BCUT2D eigenvalue weighted by Crippen LogP contribution is -2.47. The Morgan fingerprint density at radius 1 is 1.42 bits per heavy atom. The number of hydrogen-bond donors (Lipinski definition) is 2. The summed E-state index contributed by atoms with van der Waals surface area (Å²) < 4.78 is 5.73. The van der Waals surface area contributed by atoms with Gasteiger partial charge in [0.1, 0.15) is 0 Å². The van der Waals surface area contributed by atoms with E-state index in [9.17, 15) is 5.11 Å². The molecule has 19 heavy (non-hydrogen) atoms. The molecule has 0 aliphatic carbocycles. The number of rotatable bonds is 9. The van der Waals surface area contributed by atoms with E-state index in [1.54, 1.807) is 0 Å². The van der Waals surface area contributed by atoms with Crippen LogP contribution in [0.15, 0.2) is 0 Å². The number of piperidine rings is 1. The lowest BCUT2D eigenvalue weighted by atomic mass is 9.91. The number of ether oxygens (including phenoxy) is 1. The van der Waals surface area contributed by atoms with Crippen LogP contribution in [0.3, 0.4) is 0 Å². The molecule has 0 aromatic heterocycles. The van der Waals surface area contributed by atoms with Crippen LogP contribution in [-0.2, 0) is 4.74 Å². The first kappa shape index (κ1) is 16.9. The molecule has 2 atom stereocenters. The molecule has 1 saturated heterocycles. The number of nitrogens with zero attached hydrogens (tertiary/aromatic N) is 1. The minimum Gasteiger partial charge on any atom is -0.394 e. The molecule has 114 valence electrons. The standard InChI is InChI=1S/C15H32N2O2/c1-4-15(13-18,16-3)9-7-11-17-10-6-8-14(12-17)19-5-2/h14,16,18H,4-13H2,1-3H3. The first-order chi connectivity index (χ1) is 9.19. The van der Waals surface area contributed by atoms with Gasteiger partial charge in [0.2, 0.25) is 0 Å². The second-order valence-electron chi connectivity index (χ2n) is 5.67. The predicted octanol–water partition coefficient (Wildman–Crippen LogP) is 1.63. The van der Waals surface area contributed by atoms with Crippen molar-refractivity contribution in [2.75, 3.05) is 39.9 Å². The molecule has 0 aromatic carbocycles. The highest BCUT2D eigenvalue weighted by Gasteiger charge is 2.25. The summed E-state index contributed by atoms with van der Waals surface area (Å²) in [4.78, 5) is 2.51. The Kier molecular flexibility index (Phi) is 7.91. The van der Waals surface area contributed by atoms with E-state index in [-0.39, 0.29) is 12.1 Å². The highest BCUT2D eigenvalue weighted by Crippen LogP contribution is 2.18. The lowest BCUT2D eigenvalue weighted by molar-refractivity contribution is 0.00473. The van der Waals surface area contributed by atoms with Gasteiger partial charge in [-0.25, -0.2) is 0 Å². The van der Waals surface area contributed by atoms with Crippen LogP contribution in [0.1, 0.15) is 46.0 Å². The van der Waals surface area contributed by atoms with Crippen LogP contribution in [-0.4, -0.2) is 61.5 Å². The average molecular weight is 272 g/mol. The smallest absolute Gasteiger partial charge is 0.0702 e. The van der Waals surface area contributed by atoms with Crippen molar-refractivity contribution in [3.05, 3.63) is 0 Å². The zero-order chi connectivity index (χ0) is 14.1. The second-order valence-corrected chi connectivity index (χ2v) is 5.67. The van der Waals surface area contributed by atoms with E-state index in [1.165, 1.54) is 19.4 Å². The van der Waals surface area contributed by atoms with E-state index in [0.29, 0.717) is 6.10 Å². The average Bonchev–Trinajstić information content (AvgIpc) is 2.45. The molecule has 0 bridgehead atoms. The fraction of sp³-hybridized carbons (Fsp3) is 1.00.